The Balaban J connectivity index is 1.90. The molecule has 4 aromatic rings. The number of benzene rings is 2. The largest absolute Gasteiger partial charge is 0.493 e. The number of ether oxygens (including phenoxy) is 2. The average Bonchev–Trinajstić information content (AvgIpc) is 3.37. The molecule has 0 saturated heterocycles. The van der Waals surface area contributed by atoms with Gasteiger partial charge in [0.25, 0.3) is 0 Å². The Bertz CT molecular complexity index is 1450. The first kappa shape index (κ1) is 24.9. The number of esters is 1. The van der Waals surface area contributed by atoms with E-state index in [1.54, 1.807) is 18.5 Å². The highest BCUT2D eigenvalue weighted by Gasteiger charge is 2.52. The van der Waals surface area contributed by atoms with Crippen LogP contribution in [0, 0.1) is 6.92 Å². The number of aryl methyl sites for hydroxylation is 1. The van der Waals surface area contributed by atoms with E-state index in [4.69, 9.17) is 9.47 Å². The number of cyclic esters (lactones) is 1. The Kier molecular flexibility index (Phi) is 6.67. The maximum atomic E-state index is 13.4. The van der Waals surface area contributed by atoms with Gasteiger partial charge in [-0.25, -0.2) is 4.79 Å². The number of aromatic nitrogens is 2. The summed E-state index contributed by atoms with van der Waals surface area (Å²) < 4.78 is 15.1. The molecular weight excluding hydrogens is 462 g/mol. The summed E-state index contributed by atoms with van der Waals surface area (Å²) in [6.07, 6.45) is 4.42. The topological polar surface area (TPSA) is 56.6 Å². The van der Waals surface area contributed by atoms with E-state index in [0.717, 1.165) is 65.0 Å². The van der Waals surface area contributed by atoms with Crippen molar-refractivity contribution >= 4 is 22.6 Å². The fourth-order valence-corrected chi connectivity index (χ4v) is 5.87. The molecule has 6 nitrogen and oxygen atoms in total. The van der Waals surface area contributed by atoms with E-state index >= 15 is 0 Å². The predicted molar refractivity (Wildman–Crippen MR) is 148 cm³/mol. The van der Waals surface area contributed by atoms with Gasteiger partial charge in [-0.3, -0.25) is 4.98 Å². The molecule has 1 unspecified atom stereocenters. The zero-order valence-electron chi connectivity index (χ0n) is 22.4. The highest BCUT2D eigenvalue weighted by atomic mass is 16.6. The number of carbonyl (C=O) groups excluding carboxylic acids is 1. The van der Waals surface area contributed by atoms with Gasteiger partial charge in [0, 0.05) is 77.1 Å². The molecule has 0 saturated carbocycles. The lowest BCUT2D eigenvalue weighted by molar-refractivity contribution is 0.0245. The second-order valence-corrected chi connectivity index (χ2v) is 9.41. The zero-order valence-corrected chi connectivity index (χ0v) is 22.4. The van der Waals surface area contributed by atoms with Crippen molar-refractivity contribution in [2.45, 2.75) is 53.2 Å². The number of anilines is 1. The third-order valence-electron chi connectivity index (χ3n) is 7.47. The van der Waals surface area contributed by atoms with Crippen molar-refractivity contribution in [3.05, 3.63) is 88.9 Å². The van der Waals surface area contributed by atoms with Crippen molar-refractivity contribution in [2.75, 3.05) is 24.6 Å². The first-order valence-corrected chi connectivity index (χ1v) is 13.3. The molecule has 3 heterocycles. The van der Waals surface area contributed by atoms with Gasteiger partial charge < -0.3 is 18.9 Å². The van der Waals surface area contributed by atoms with Gasteiger partial charge in [-0.2, -0.15) is 0 Å². The zero-order chi connectivity index (χ0) is 26.2. The molecule has 0 spiro atoms. The van der Waals surface area contributed by atoms with Crippen LogP contribution in [-0.4, -0.2) is 35.2 Å². The molecule has 1 aliphatic rings. The molecule has 1 aliphatic heterocycles. The Hall–Kier alpha value is -3.80. The van der Waals surface area contributed by atoms with Crippen LogP contribution >= 0.6 is 0 Å². The quantitative estimate of drug-likeness (QED) is 0.248. The summed E-state index contributed by atoms with van der Waals surface area (Å²) in [5, 5.41) is 1.06. The summed E-state index contributed by atoms with van der Waals surface area (Å²) in [6, 6.07) is 16.4. The van der Waals surface area contributed by atoms with Crippen molar-refractivity contribution in [3.8, 4) is 5.75 Å². The maximum Gasteiger partial charge on any atom is 0.340 e. The number of pyridine rings is 1. The van der Waals surface area contributed by atoms with E-state index in [0.29, 0.717) is 17.9 Å². The number of rotatable bonds is 9. The van der Waals surface area contributed by atoms with Crippen molar-refractivity contribution < 1.29 is 14.3 Å². The normalized spacial score (nSPS) is 16.6. The summed E-state index contributed by atoms with van der Waals surface area (Å²) >= 11 is 0. The van der Waals surface area contributed by atoms with E-state index < -0.39 is 5.60 Å². The van der Waals surface area contributed by atoms with Gasteiger partial charge in [0.15, 0.2) is 5.60 Å². The van der Waals surface area contributed by atoms with Crippen LogP contribution in [0.1, 0.15) is 66.9 Å². The van der Waals surface area contributed by atoms with E-state index in [2.05, 4.69) is 78.5 Å². The van der Waals surface area contributed by atoms with Gasteiger partial charge in [0.05, 0.1) is 12.2 Å². The van der Waals surface area contributed by atoms with Crippen LogP contribution in [0.25, 0.3) is 10.9 Å². The Morgan fingerprint density at radius 3 is 2.54 bits per heavy atom. The van der Waals surface area contributed by atoms with E-state index in [9.17, 15) is 4.79 Å². The maximum absolute atomic E-state index is 13.4. The smallest absolute Gasteiger partial charge is 0.340 e. The molecule has 6 heteroatoms. The second-order valence-electron chi connectivity index (χ2n) is 9.41. The third kappa shape index (κ3) is 3.78. The molecule has 0 amide bonds. The minimum Gasteiger partial charge on any atom is -0.493 e. The summed E-state index contributed by atoms with van der Waals surface area (Å²) in [6.45, 7) is 13.7. The van der Waals surface area contributed by atoms with Gasteiger partial charge in [0.1, 0.15) is 5.75 Å². The highest BCUT2D eigenvalue weighted by Crippen LogP contribution is 2.53. The lowest BCUT2D eigenvalue weighted by Crippen LogP contribution is -2.31. The Morgan fingerprint density at radius 2 is 1.81 bits per heavy atom. The highest BCUT2D eigenvalue weighted by molar-refractivity contribution is 5.98. The molecule has 2 aromatic heterocycles. The predicted octanol–water partition coefficient (Wildman–Crippen LogP) is 6.46. The Labute approximate surface area is 218 Å². The number of para-hydroxylation sites is 1. The van der Waals surface area contributed by atoms with Gasteiger partial charge in [-0.1, -0.05) is 25.1 Å². The van der Waals surface area contributed by atoms with Gasteiger partial charge in [-0.05, 0) is 58.4 Å². The Morgan fingerprint density at radius 1 is 1.03 bits per heavy atom. The molecule has 0 bridgehead atoms. The number of hydrogen-bond donors (Lipinski definition) is 0. The third-order valence-corrected chi connectivity index (χ3v) is 7.47. The summed E-state index contributed by atoms with van der Waals surface area (Å²) in [7, 11) is 0. The fraction of sp³-hybridized carbons (Fsp3) is 0.355. The van der Waals surface area contributed by atoms with Crippen LogP contribution in [-0.2, 0) is 16.9 Å². The molecule has 0 N–H and O–H groups in total. The monoisotopic (exact) mass is 497 g/mol. The lowest BCUT2D eigenvalue weighted by atomic mass is 9.78. The van der Waals surface area contributed by atoms with Crippen LogP contribution in [0.3, 0.4) is 0 Å². The second kappa shape index (κ2) is 9.92. The molecule has 192 valence electrons. The first-order valence-electron chi connectivity index (χ1n) is 13.3. The average molecular weight is 498 g/mol. The first-order chi connectivity index (χ1) is 18.0. The molecule has 1 atom stereocenters. The van der Waals surface area contributed by atoms with Crippen LogP contribution in [0.2, 0.25) is 0 Å². The van der Waals surface area contributed by atoms with Crippen LogP contribution in [0.4, 0.5) is 5.69 Å². The molecule has 0 radical (unpaired) electrons. The van der Waals surface area contributed by atoms with Crippen molar-refractivity contribution in [3.63, 3.8) is 0 Å². The molecule has 0 fully saturated rings. The van der Waals surface area contributed by atoms with E-state index in [1.165, 1.54) is 0 Å². The van der Waals surface area contributed by atoms with Gasteiger partial charge in [-0.15, -0.1) is 0 Å². The number of hydrogen-bond acceptors (Lipinski definition) is 5. The molecule has 0 aliphatic carbocycles. The fourth-order valence-electron chi connectivity index (χ4n) is 5.87. The standard InChI is InChI=1S/C31H35N3O3/c1-6-18-34-21(5)29(24-12-10-11-13-27(24)34)31(26-20-32-17-16-23(26)30(35)37-31)25-15-14-22(33(7-2)8-3)19-28(25)36-9-4/h10-17,19-20H,6-9,18H2,1-5H3. The molecular formula is C31H35N3O3. The van der Waals surface area contributed by atoms with E-state index in [1.807, 2.05) is 13.0 Å². The molecule has 5 rings (SSSR count). The van der Waals surface area contributed by atoms with Gasteiger partial charge in [0.2, 0.25) is 0 Å². The summed E-state index contributed by atoms with van der Waals surface area (Å²) in [5.41, 5.74) is 5.16. The van der Waals surface area contributed by atoms with Crippen molar-refractivity contribution in [1.82, 2.24) is 9.55 Å². The lowest BCUT2D eigenvalue weighted by Gasteiger charge is -2.33. The minimum absolute atomic E-state index is 0.348. The minimum atomic E-state index is -1.18. The molecule has 37 heavy (non-hydrogen) atoms. The SMILES string of the molecule is CCCn1c(C)c(C2(c3ccc(N(CC)CC)cc3OCC)OC(=O)c3ccncc32)c2ccccc21. The van der Waals surface area contributed by atoms with Gasteiger partial charge >= 0.3 is 5.97 Å². The van der Waals surface area contributed by atoms with Crippen LogP contribution in [0.5, 0.6) is 5.75 Å². The van der Waals surface area contributed by atoms with Crippen molar-refractivity contribution in [1.29, 1.82) is 0 Å². The van der Waals surface area contributed by atoms with Crippen LogP contribution < -0.4 is 9.64 Å². The molecule has 2 aromatic carbocycles. The van der Waals surface area contributed by atoms with E-state index in [-0.39, 0.29) is 5.97 Å². The summed E-state index contributed by atoms with van der Waals surface area (Å²) in [5.74, 6) is 0.363. The number of nitrogens with zero attached hydrogens (tertiary/aromatic N) is 3. The number of fused-ring (bicyclic) bond motifs is 2. The van der Waals surface area contributed by atoms with Crippen LogP contribution in [0.15, 0.2) is 60.9 Å². The number of carbonyl (C=O) groups is 1. The van der Waals surface area contributed by atoms with Crippen molar-refractivity contribution in [2.24, 2.45) is 0 Å². The summed E-state index contributed by atoms with van der Waals surface area (Å²) in [4.78, 5) is 20.2.